The molecule has 2 rings (SSSR count). The van der Waals surface area contributed by atoms with Gasteiger partial charge < -0.3 is 9.16 Å². The molecule has 0 bridgehead atoms. The number of allylic oxidation sites excluding steroid dienone is 1. The molecular weight excluding hydrogens is 252 g/mol. The summed E-state index contributed by atoms with van der Waals surface area (Å²) in [5.41, 5.74) is 1.25. The SMILES string of the molecule is C=C(C)C1CC2OC2(C)C(O[Si](C)(C)C(C)(C)C)C1. The van der Waals surface area contributed by atoms with Gasteiger partial charge in [0.15, 0.2) is 8.32 Å². The first-order valence-corrected chi connectivity index (χ1v) is 10.4. The van der Waals surface area contributed by atoms with Crippen LogP contribution in [-0.2, 0) is 9.16 Å². The number of epoxide rings is 1. The van der Waals surface area contributed by atoms with E-state index < -0.39 is 8.32 Å². The van der Waals surface area contributed by atoms with Crippen LogP contribution in [0.1, 0.15) is 47.5 Å². The van der Waals surface area contributed by atoms with Crippen LogP contribution in [0.25, 0.3) is 0 Å². The molecule has 1 aliphatic heterocycles. The summed E-state index contributed by atoms with van der Waals surface area (Å²) in [7, 11) is -1.73. The minimum atomic E-state index is -1.73. The molecule has 0 spiro atoms. The van der Waals surface area contributed by atoms with E-state index >= 15 is 0 Å². The van der Waals surface area contributed by atoms with Gasteiger partial charge in [0.05, 0.1) is 12.2 Å². The van der Waals surface area contributed by atoms with E-state index in [2.05, 4.69) is 54.3 Å². The van der Waals surface area contributed by atoms with Crippen LogP contribution in [0.5, 0.6) is 0 Å². The first-order valence-electron chi connectivity index (χ1n) is 7.48. The highest BCUT2D eigenvalue weighted by molar-refractivity contribution is 6.74. The first-order chi connectivity index (χ1) is 8.47. The van der Waals surface area contributed by atoms with Crippen molar-refractivity contribution in [2.45, 2.75) is 83.4 Å². The lowest BCUT2D eigenvalue weighted by Gasteiger charge is -2.42. The summed E-state index contributed by atoms with van der Waals surface area (Å²) in [6, 6.07) is 0. The summed E-state index contributed by atoms with van der Waals surface area (Å²) < 4.78 is 12.6. The minimum absolute atomic E-state index is 0.0263. The Labute approximate surface area is 119 Å². The molecule has 1 saturated heterocycles. The quantitative estimate of drug-likeness (QED) is 0.431. The van der Waals surface area contributed by atoms with Crippen LogP contribution in [-0.4, -0.2) is 26.1 Å². The Balaban J connectivity index is 2.12. The third kappa shape index (κ3) is 2.70. The van der Waals surface area contributed by atoms with Crippen LogP contribution < -0.4 is 0 Å². The lowest BCUT2D eigenvalue weighted by atomic mass is 9.78. The van der Waals surface area contributed by atoms with E-state index in [1.54, 1.807) is 0 Å². The second-order valence-electron chi connectivity index (χ2n) is 8.17. The number of rotatable bonds is 3. The summed E-state index contributed by atoms with van der Waals surface area (Å²) in [5.74, 6) is 0.565. The Morgan fingerprint density at radius 1 is 1.32 bits per heavy atom. The third-order valence-corrected chi connectivity index (χ3v) is 10.0. The second-order valence-corrected chi connectivity index (χ2v) is 12.9. The summed E-state index contributed by atoms with van der Waals surface area (Å²) in [6.07, 6.45) is 2.84. The van der Waals surface area contributed by atoms with Gasteiger partial charge in [0, 0.05) is 0 Å². The normalized spacial score (nSPS) is 38.8. The van der Waals surface area contributed by atoms with Gasteiger partial charge in [-0.2, -0.15) is 0 Å². The van der Waals surface area contributed by atoms with Gasteiger partial charge in [-0.3, -0.25) is 0 Å². The molecule has 4 atom stereocenters. The van der Waals surface area contributed by atoms with Crippen molar-refractivity contribution in [3.05, 3.63) is 12.2 Å². The monoisotopic (exact) mass is 282 g/mol. The molecule has 0 radical (unpaired) electrons. The van der Waals surface area contributed by atoms with Gasteiger partial charge in [0.25, 0.3) is 0 Å². The van der Waals surface area contributed by atoms with Gasteiger partial charge in [-0.15, -0.1) is 0 Å². The van der Waals surface area contributed by atoms with Crippen molar-refractivity contribution in [2.24, 2.45) is 5.92 Å². The van der Waals surface area contributed by atoms with Crippen molar-refractivity contribution < 1.29 is 9.16 Å². The Hall–Kier alpha value is -0.123. The summed E-state index contributed by atoms with van der Waals surface area (Å²) in [5, 5.41) is 0.254. The highest BCUT2D eigenvalue weighted by Crippen LogP contribution is 2.53. The molecular formula is C16H30O2Si. The smallest absolute Gasteiger partial charge is 0.192 e. The van der Waals surface area contributed by atoms with Crippen LogP contribution in [0.3, 0.4) is 0 Å². The number of fused-ring (bicyclic) bond motifs is 1. The topological polar surface area (TPSA) is 21.8 Å². The van der Waals surface area contributed by atoms with Crippen LogP contribution in [0.4, 0.5) is 0 Å². The molecule has 1 saturated carbocycles. The second kappa shape index (κ2) is 4.44. The zero-order valence-corrected chi connectivity index (χ0v) is 14.7. The Morgan fingerprint density at radius 2 is 1.89 bits per heavy atom. The molecule has 2 nitrogen and oxygen atoms in total. The van der Waals surface area contributed by atoms with Gasteiger partial charge in [0.1, 0.15) is 5.60 Å². The van der Waals surface area contributed by atoms with Crippen molar-refractivity contribution in [1.29, 1.82) is 0 Å². The fourth-order valence-electron chi connectivity index (χ4n) is 2.78. The molecule has 3 heteroatoms. The predicted octanol–water partition coefficient (Wildman–Crippen LogP) is 4.52. The Bertz CT molecular complexity index is 383. The van der Waals surface area contributed by atoms with Gasteiger partial charge in [-0.1, -0.05) is 32.9 Å². The standard InChI is InChI=1S/C16H30O2Si/c1-11(2)12-9-13-16(6,17-13)14(10-12)18-19(7,8)15(3,4)5/h12-14H,1,9-10H2,2-8H3. The Kier molecular flexibility index (Phi) is 3.57. The van der Waals surface area contributed by atoms with E-state index in [-0.39, 0.29) is 16.7 Å². The minimum Gasteiger partial charge on any atom is -0.411 e. The van der Waals surface area contributed by atoms with E-state index in [1.165, 1.54) is 5.57 Å². The van der Waals surface area contributed by atoms with E-state index in [0.29, 0.717) is 12.0 Å². The van der Waals surface area contributed by atoms with Crippen LogP contribution >= 0.6 is 0 Å². The average Bonchev–Trinajstić information content (AvgIpc) is 2.87. The van der Waals surface area contributed by atoms with E-state index in [0.717, 1.165) is 12.8 Å². The summed E-state index contributed by atoms with van der Waals surface area (Å²) >= 11 is 0. The van der Waals surface area contributed by atoms with Crippen molar-refractivity contribution in [3.8, 4) is 0 Å². The lowest BCUT2D eigenvalue weighted by molar-refractivity contribution is 0.0732. The highest BCUT2D eigenvalue weighted by Gasteiger charge is 2.63. The molecule has 4 unspecified atom stereocenters. The fraction of sp³-hybridized carbons (Fsp3) is 0.875. The zero-order valence-electron chi connectivity index (χ0n) is 13.7. The average molecular weight is 282 g/mol. The van der Waals surface area contributed by atoms with Crippen molar-refractivity contribution in [1.82, 2.24) is 0 Å². The van der Waals surface area contributed by atoms with E-state index in [4.69, 9.17) is 9.16 Å². The maximum Gasteiger partial charge on any atom is 0.192 e. The molecule has 110 valence electrons. The lowest BCUT2D eigenvalue weighted by Crippen LogP contribution is -2.50. The van der Waals surface area contributed by atoms with E-state index in [1.807, 2.05) is 0 Å². The van der Waals surface area contributed by atoms with Crippen molar-refractivity contribution in [2.75, 3.05) is 0 Å². The van der Waals surface area contributed by atoms with Crippen molar-refractivity contribution >= 4 is 8.32 Å². The largest absolute Gasteiger partial charge is 0.411 e. The number of hydrogen-bond donors (Lipinski definition) is 0. The number of hydrogen-bond acceptors (Lipinski definition) is 2. The molecule has 0 aromatic heterocycles. The third-order valence-electron chi connectivity index (χ3n) is 5.55. The highest BCUT2D eigenvalue weighted by atomic mass is 28.4. The summed E-state index contributed by atoms with van der Waals surface area (Å²) in [4.78, 5) is 0. The fourth-order valence-corrected chi connectivity index (χ4v) is 4.18. The van der Waals surface area contributed by atoms with Gasteiger partial charge in [-0.05, 0) is 50.7 Å². The molecule has 0 N–H and O–H groups in total. The molecule has 0 amide bonds. The van der Waals surface area contributed by atoms with Crippen molar-refractivity contribution in [3.63, 3.8) is 0 Å². The van der Waals surface area contributed by atoms with Crippen LogP contribution in [0, 0.1) is 5.92 Å². The molecule has 2 fully saturated rings. The molecule has 0 aromatic carbocycles. The summed E-state index contributed by atoms with van der Waals surface area (Å²) in [6.45, 7) is 20.1. The maximum atomic E-state index is 6.65. The molecule has 2 aliphatic rings. The first kappa shape index (κ1) is 15.3. The number of ether oxygens (including phenoxy) is 1. The predicted molar refractivity (Wildman–Crippen MR) is 82.9 cm³/mol. The van der Waals surface area contributed by atoms with Crippen LogP contribution in [0.2, 0.25) is 18.1 Å². The van der Waals surface area contributed by atoms with Gasteiger partial charge >= 0.3 is 0 Å². The molecule has 1 heterocycles. The maximum absolute atomic E-state index is 6.65. The molecule has 1 aliphatic carbocycles. The van der Waals surface area contributed by atoms with Crippen LogP contribution in [0.15, 0.2) is 12.2 Å². The van der Waals surface area contributed by atoms with Gasteiger partial charge in [0.2, 0.25) is 0 Å². The molecule has 19 heavy (non-hydrogen) atoms. The molecule has 0 aromatic rings. The Morgan fingerprint density at radius 3 is 2.37 bits per heavy atom. The van der Waals surface area contributed by atoms with Gasteiger partial charge in [-0.25, -0.2) is 0 Å². The zero-order chi connectivity index (χ0) is 14.6. The van der Waals surface area contributed by atoms with E-state index in [9.17, 15) is 0 Å².